The molecule has 1 aromatic carbocycles. The van der Waals surface area contributed by atoms with Gasteiger partial charge in [0.2, 0.25) is 5.91 Å². The first-order valence-corrected chi connectivity index (χ1v) is 9.05. The monoisotopic (exact) mass is 370 g/mol. The Morgan fingerprint density at radius 1 is 1.30 bits per heavy atom. The average Bonchev–Trinajstić information content (AvgIpc) is 2.68. The highest BCUT2D eigenvalue weighted by atomic mass is 19.1. The van der Waals surface area contributed by atoms with Gasteiger partial charge in [-0.15, -0.1) is 0 Å². The summed E-state index contributed by atoms with van der Waals surface area (Å²) in [5.74, 6) is -1.03. The van der Waals surface area contributed by atoms with E-state index in [-0.39, 0.29) is 23.4 Å². The van der Waals surface area contributed by atoms with Crippen molar-refractivity contribution in [3.8, 4) is 11.3 Å². The van der Waals surface area contributed by atoms with Gasteiger partial charge in [0.05, 0.1) is 5.92 Å². The molecule has 0 bridgehead atoms. The molecule has 0 spiro atoms. The molecule has 0 saturated carbocycles. The van der Waals surface area contributed by atoms with Crippen LogP contribution in [0.4, 0.5) is 4.39 Å². The highest BCUT2D eigenvalue weighted by Crippen LogP contribution is 2.21. The Hall–Kier alpha value is -2.80. The van der Waals surface area contributed by atoms with Gasteiger partial charge in [0.15, 0.2) is 0 Å². The van der Waals surface area contributed by atoms with Crippen molar-refractivity contribution in [3.05, 3.63) is 54.0 Å². The van der Waals surface area contributed by atoms with Crippen LogP contribution in [-0.2, 0) is 4.79 Å². The number of nitrogens with two attached hydrogens (primary N) is 1. The number of carbonyl (C=O) groups is 2. The van der Waals surface area contributed by atoms with Gasteiger partial charge in [0, 0.05) is 37.0 Å². The van der Waals surface area contributed by atoms with Crippen LogP contribution in [0.3, 0.4) is 0 Å². The third-order valence-corrected chi connectivity index (χ3v) is 4.78. The smallest absolute Gasteiger partial charge is 0.251 e. The Morgan fingerprint density at radius 3 is 2.93 bits per heavy atom. The van der Waals surface area contributed by atoms with Crippen molar-refractivity contribution >= 4 is 11.8 Å². The predicted molar refractivity (Wildman–Crippen MR) is 100 cm³/mol. The minimum absolute atomic E-state index is 0.112. The molecular weight excluding hydrogens is 347 g/mol. The summed E-state index contributed by atoms with van der Waals surface area (Å²) in [5.41, 5.74) is 6.61. The maximum Gasteiger partial charge on any atom is 0.251 e. The zero-order valence-electron chi connectivity index (χ0n) is 15.0. The second-order valence-corrected chi connectivity index (χ2v) is 6.71. The molecular formula is C20H23FN4O2. The van der Waals surface area contributed by atoms with E-state index in [0.29, 0.717) is 30.8 Å². The molecule has 0 unspecified atom stereocenters. The number of hydrogen-bond donors (Lipinski definition) is 2. The number of nitrogens with one attached hydrogen (secondary N) is 1. The van der Waals surface area contributed by atoms with Gasteiger partial charge in [0.1, 0.15) is 11.5 Å². The molecule has 1 fully saturated rings. The summed E-state index contributed by atoms with van der Waals surface area (Å²) < 4.78 is 13.9. The fraction of sp³-hybridized carbons (Fsp3) is 0.350. The largest absolute Gasteiger partial charge is 0.369 e. The quantitative estimate of drug-likeness (QED) is 0.812. The van der Waals surface area contributed by atoms with Crippen LogP contribution in [0.2, 0.25) is 0 Å². The number of hydrogen-bond acceptors (Lipinski definition) is 4. The van der Waals surface area contributed by atoms with Crippen LogP contribution >= 0.6 is 0 Å². The maximum absolute atomic E-state index is 13.9. The van der Waals surface area contributed by atoms with E-state index in [4.69, 9.17) is 5.73 Å². The van der Waals surface area contributed by atoms with E-state index in [1.165, 1.54) is 18.3 Å². The van der Waals surface area contributed by atoms with E-state index < -0.39 is 5.82 Å². The van der Waals surface area contributed by atoms with Crippen molar-refractivity contribution in [3.63, 3.8) is 0 Å². The Kier molecular flexibility index (Phi) is 6.13. The van der Waals surface area contributed by atoms with Gasteiger partial charge in [-0.05, 0) is 43.7 Å². The molecule has 1 aliphatic rings. The van der Waals surface area contributed by atoms with Crippen molar-refractivity contribution < 1.29 is 14.0 Å². The zero-order valence-corrected chi connectivity index (χ0v) is 15.0. The van der Waals surface area contributed by atoms with Gasteiger partial charge < -0.3 is 16.0 Å². The van der Waals surface area contributed by atoms with Crippen molar-refractivity contribution in [2.24, 2.45) is 11.7 Å². The summed E-state index contributed by atoms with van der Waals surface area (Å²) in [5, 5.41) is 2.87. The van der Waals surface area contributed by atoms with E-state index in [0.717, 1.165) is 19.4 Å². The minimum atomic E-state index is -0.427. The molecule has 27 heavy (non-hydrogen) atoms. The summed E-state index contributed by atoms with van der Waals surface area (Å²) in [4.78, 5) is 29.9. The highest BCUT2D eigenvalue weighted by molar-refractivity contribution is 5.95. The lowest BCUT2D eigenvalue weighted by Crippen LogP contribution is -2.44. The number of pyridine rings is 1. The van der Waals surface area contributed by atoms with E-state index in [9.17, 15) is 14.0 Å². The molecule has 1 aliphatic heterocycles. The second kappa shape index (κ2) is 8.73. The number of likely N-dealkylation sites (tertiary alicyclic amines) is 1. The maximum atomic E-state index is 13.9. The van der Waals surface area contributed by atoms with Gasteiger partial charge in [-0.2, -0.15) is 0 Å². The number of rotatable bonds is 6. The van der Waals surface area contributed by atoms with Gasteiger partial charge >= 0.3 is 0 Å². The number of nitrogens with zero attached hydrogens (tertiary/aromatic N) is 2. The number of aromatic nitrogens is 1. The summed E-state index contributed by atoms with van der Waals surface area (Å²) in [7, 11) is 0. The summed E-state index contributed by atoms with van der Waals surface area (Å²) in [6.07, 6.45) is 3.28. The van der Waals surface area contributed by atoms with Crippen LogP contribution in [0, 0.1) is 11.7 Å². The number of carbonyl (C=O) groups excluding carboxylic acids is 2. The number of benzene rings is 1. The molecule has 2 amide bonds. The molecule has 7 heteroatoms. The Bertz CT molecular complexity index is 827. The average molecular weight is 370 g/mol. The van der Waals surface area contributed by atoms with E-state index in [2.05, 4.69) is 15.2 Å². The fourth-order valence-electron chi connectivity index (χ4n) is 3.33. The van der Waals surface area contributed by atoms with Gasteiger partial charge in [0.25, 0.3) is 5.91 Å². The van der Waals surface area contributed by atoms with Crippen molar-refractivity contribution in [2.75, 3.05) is 26.2 Å². The first-order chi connectivity index (χ1) is 13.0. The highest BCUT2D eigenvalue weighted by Gasteiger charge is 2.23. The van der Waals surface area contributed by atoms with Crippen molar-refractivity contribution in [2.45, 2.75) is 12.8 Å². The second-order valence-electron chi connectivity index (χ2n) is 6.71. The molecule has 1 atom stereocenters. The first kappa shape index (κ1) is 19.0. The normalized spacial score (nSPS) is 17.4. The minimum Gasteiger partial charge on any atom is -0.369 e. The van der Waals surface area contributed by atoms with Crippen LogP contribution in [-0.4, -0.2) is 47.9 Å². The molecule has 3 rings (SSSR count). The lowest BCUT2D eigenvalue weighted by atomic mass is 9.97. The third kappa shape index (κ3) is 4.89. The number of halogens is 1. The summed E-state index contributed by atoms with van der Waals surface area (Å²) in [6.45, 7) is 2.66. The predicted octanol–water partition coefficient (Wildman–Crippen LogP) is 1.81. The molecule has 0 radical (unpaired) electrons. The van der Waals surface area contributed by atoms with E-state index >= 15 is 0 Å². The lowest BCUT2D eigenvalue weighted by molar-refractivity contribution is -0.123. The number of primary amides is 1. The van der Waals surface area contributed by atoms with Crippen LogP contribution < -0.4 is 11.1 Å². The van der Waals surface area contributed by atoms with Crippen LogP contribution in [0.15, 0.2) is 42.6 Å². The zero-order chi connectivity index (χ0) is 19.2. The van der Waals surface area contributed by atoms with Crippen LogP contribution in [0.25, 0.3) is 11.3 Å². The molecule has 142 valence electrons. The van der Waals surface area contributed by atoms with E-state index in [1.54, 1.807) is 24.3 Å². The van der Waals surface area contributed by atoms with Gasteiger partial charge in [-0.25, -0.2) is 4.39 Å². The number of piperidine rings is 1. The molecule has 1 aromatic heterocycles. The Balaban J connectivity index is 1.56. The van der Waals surface area contributed by atoms with Gasteiger partial charge in [-0.1, -0.05) is 12.1 Å². The van der Waals surface area contributed by atoms with Gasteiger partial charge in [-0.3, -0.25) is 14.6 Å². The van der Waals surface area contributed by atoms with E-state index in [1.807, 2.05) is 0 Å². The van der Waals surface area contributed by atoms with Crippen molar-refractivity contribution in [1.29, 1.82) is 0 Å². The van der Waals surface area contributed by atoms with Crippen LogP contribution in [0.5, 0.6) is 0 Å². The third-order valence-electron chi connectivity index (χ3n) is 4.78. The molecule has 1 saturated heterocycles. The molecule has 2 aromatic rings. The molecule has 3 N–H and O–H groups in total. The fourth-order valence-corrected chi connectivity index (χ4v) is 3.33. The lowest BCUT2D eigenvalue weighted by Gasteiger charge is -2.31. The first-order valence-electron chi connectivity index (χ1n) is 9.05. The van der Waals surface area contributed by atoms with Crippen LogP contribution in [0.1, 0.15) is 23.2 Å². The summed E-state index contributed by atoms with van der Waals surface area (Å²) in [6, 6.07) is 9.61. The SMILES string of the molecule is NC(=O)[C@@H]1CCCN(CCNC(=O)c2cccc(-c3ncccc3F)c2)C1. The summed E-state index contributed by atoms with van der Waals surface area (Å²) >= 11 is 0. The standard InChI is InChI=1S/C20H23FN4O2/c21-17-7-2-8-23-18(17)14-4-1-5-15(12-14)20(27)24-9-11-25-10-3-6-16(13-25)19(22)26/h1-2,4-5,7-8,12,16H,3,6,9-11,13H2,(H2,22,26)(H,24,27)/t16-/m1/s1. The Labute approximate surface area is 157 Å². The molecule has 2 heterocycles. The Morgan fingerprint density at radius 2 is 2.15 bits per heavy atom. The molecule has 6 nitrogen and oxygen atoms in total. The number of amides is 2. The van der Waals surface area contributed by atoms with Crippen molar-refractivity contribution in [1.82, 2.24) is 15.2 Å². The topological polar surface area (TPSA) is 88.3 Å². The molecule has 0 aliphatic carbocycles.